The summed E-state index contributed by atoms with van der Waals surface area (Å²) < 4.78 is 0. The van der Waals surface area contributed by atoms with Gasteiger partial charge in [0.2, 0.25) is 0 Å². The minimum Gasteiger partial charge on any atom is -0.276 e. The van der Waals surface area contributed by atoms with Gasteiger partial charge in [-0.05, 0) is 28.5 Å². The predicted molar refractivity (Wildman–Crippen MR) is 86.0 cm³/mol. The largest absolute Gasteiger partial charge is 0.276 e. The fourth-order valence-electron chi connectivity index (χ4n) is 2.17. The third-order valence-corrected chi connectivity index (χ3v) is 4.31. The van der Waals surface area contributed by atoms with Gasteiger partial charge in [0.15, 0.2) is 0 Å². The van der Waals surface area contributed by atoms with Gasteiger partial charge >= 0.3 is 0 Å². The quantitative estimate of drug-likeness (QED) is 0.695. The Morgan fingerprint density at radius 3 is 2.40 bits per heavy atom. The Bertz CT molecular complexity index is 685. The van der Waals surface area contributed by atoms with Gasteiger partial charge in [0.1, 0.15) is 0 Å². The maximum absolute atomic E-state index is 4.42. The molecule has 0 saturated heterocycles. The highest BCUT2D eigenvalue weighted by Gasteiger charge is 2.13. The molecule has 0 aliphatic rings. The zero-order valence-corrected chi connectivity index (χ0v) is 12.8. The van der Waals surface area contributed by atoms with Crippen molar-refractivity contribution in [3.63, 3.8) is 0 Å². The smallest absolute Gasteiger partial charge is 0.0927 e. The lowest BCUT2D eigenvalue weighted by atomic mass is 9.86. The van der Waals surface area contributed by atoms with Gasteiger partial charge in [0.05, 0.1) is 16.3 Å². The van der Waals surface area contributed by atoms with Crippen LogP contribution in [0.25, 0.3) is 21.8 Å². The van der Waals surface area contributed by atoms with Gasteiger partial charge in [-0.3, -0.25) is 5.10 Å². The van der Waals surface area contributed by atoms with Crippen molar-refractivity contribution in [2.24, 2.45) is 0 Å². The molecule has 0 spiro atoms. The lowest BCUT2D eigenvalue weighted by Crippen LogP contribution is -2.10. The number of thiophene rings is 1. The van der Waals surface area contributed by atoms with Gasteiger partial charge in [-0.2, -0.15) is 5.10 Å². The normalized spacial score (nSPS) is 11.8. The first-order valence-electron chi connectivity index (χ1n) is 6.74. The molecule has 0 unspecified atom stereocenters. The number of benzene rings is 1. The predicted octanol–water partition coefficient (Wildman–Crippen LogP) is 5.10. The van der Waals surface area contributed by atoms with Crippen LogP contribution in [-0.2, 0) is 5.41 Å². The first-order valence-corrected chi connectivity index (χ1v) is 7.62. The molecule has 3 heteroatoms. The number of aromatic nitrogens is 2. The Hall–Kier alpha value is -1.87. The molecule has 3 aromatic rings. The topological polar surface area (TPSA) is 28.7 Å². The molecule has 0 radical (unpaired) electrons. The third kappa shape index (κ3) is 2.54. The van der Waals surface area contributed by atoms with Crippen LogP contribution in [-0.4, -0.2) is 10.2 Å². The number of hydrogen-bond acceptors (Lipinski definition) is 2. The van der Waals surface area contributed by atoms with Crippen molar-refractivity contribution in [3.05, 3.63) is 53.4 Å². The molecule has 3 rings (SSSR count). The van der Waals surface area contributed by atoms with Crippen molar-refractivity contribution in [2.75, 3.05) is 0 Å². The Labute approximate surface area is 123 Å². The molecule has 1 aromatic carbocycles. The molecular formula is C17H18N2S. The summed E-state index contributed by atoms with van der Waals surface area (Å²) in [6, 6.07) is 14.9. The number of hydrogen-bond donors (Lipinski definition) is 1. The fourth-order valence-corrected chi connectivity index (χ4v) is 2.86. The summed E-state index contributed by atoms with van der Waals surface area (Å²) in [4.78, 5) is 1.22. The number of nitrogens with zero attached hydrogens (tertiary/aromatic N) is 1. The van der Waals surface area contributed by atoms with Crippen LogP contribution in [0.4, 0.5) is 0 Å². The molecule has 0 fully saturated rings. The van der Waals surface area contributed by atoms with Crippen LogP contribution < -0.4 is 0 Å². The minimum absolute atomic E-state index is 0.187. The lowest BCUT2D eigenvalue weighted by molar-refractivity contribution is 0.590. The monoisotopic (exact) mass is 282 g/mol. The molecule has 0 aliphatic heterocycles. The second-order valence-electron chi connectivity index (χ2n) is 5.97. The first-order chi connectivity index (χ1) is 9.54. The van der Waals surface area contributed by atoms with E-state index in [1.165, 1.54) is 10.4 Å². The van der Waals surface area contributed by atoms with Crippen molar-refractivity contribution >= 4 is 11.3 Å². The van der Waals surface area contributed by atoms with Crippen molar-refractivity contribution < 1.29 is 0 Å². The molecule has 0 aliphatic carbocycles. The molecule has 0 bridgehead atoms. The van der Waals surface area contributed by atoms with E-state index >= 15 is 0 Å². The average molecular weight is 282 g/mol. The van der Waals surface area contributed by atoms with Crippen molar-refractivity contribution in [1.29, 1.82) is 0 Å². The van der Waals surface area contributed by atoms with Crippen molar-refractivity contribution in [3.8, 4) is 21.8 Å². The van der Waals surface area contributed by atoms with E-state index in [1.54, 1.807) is 11.3 Å². The van der Waals surface area contributed by atoms with E-state index in [2.05, 4.69) is 78.8 Å². The van der Waals surface area contributed by atoms with E-state index in [0.717, 1.165) is 17.0 Å². The van der Waals surface area contributed by atoms with Crippen molar-refractivity contribution in [1.82, 2.24) is 10.2 Å². The van der Waals surface area contributed by atoms with Gasteiger partial charge in [-0.15, -0.1) is 11.3 Å². The molecule has 0 saturated carbocycles. The highest BCUT2D eigenvalue weighted by atomic mass is 32.1. The van der Waals surface area contributed by atoms with Crippen LogP contribution in [0.3, 0.4) is 0 Å². The van der Waals surface area contributed by atoms with Crippen LogP contribution in [0.15, 0.2) is 47.8 Å². The average Bonchev–Trinajstić information content (AvgIpc) is 3.09. The maximum Gasteiger partial charge on any atom is 0.0927 e. The summed E-state index contributed by atoms with van der Waals surface area (Å²) in [6.45, 7) is 6.68. The summed E-state index contributed by atoms with van der Waals surface area (Å²) in [5.41, 5.74) is 4.75. The minimum atomic E-state index is 0.187. The second-order valence-corrected chi connectivity index (χ2v) is 6.92. The van der Waals surface area contributed by atoms with Crippen LogP contribution in [0.1, 0.15) is 26.3 Å². The Morgan fingerprint density at radius 2 is 1.80 bits per heavy atom. The van der Waals surface area contributed by atoms with Gasteiger partial charge < -0.3 is 0 Å². The Balaban J connectivity index is 1.90. The zero-order valence-electron chi connectivity index (χ0n) is 12.0. The van der Waals surface area contributed by atoms with E-state index in [1.807, 2.05) is 0 Å². The SMILES string of the molecule is CC(C)(C)c1ccc(-c2cc(-c3cccs3)[nH]n2)cc1. The van der Waals surface area contributed by atoms with Crippen LogP contribution >= 0.6 is 11.3 Å². The van der Waals surface area contributed by atoms with E-state index < -0.39 is 0 Å². The highest BCUT2D eigenvalue weighted by Crippen LogP contribution is 2.28. The number of nitrogens with one attached hydrogen (secondary N) is 1. The molecule has 1 N–H and O–H groups in total. The van der Waals surface area contributed by atoms with Gasteiger partial charge in [0, 0.05) is 5.56 Å². The van der Waals surface area contributed by atoms with Crippen LogP contribution in [0, 0.1) is 0 Å². The molecule has 20 heavy (non-hydrogen) atoms. The van der Waals surface area contributed by atoms with Gasteiger partial charge in [-0.1, -0.05) is 51.1 Å². The first kappa shape index (κ1) is 13.1. The standard InChI is InChI=1S/C17H18N2S/c1-17(2,3)13-8-6-12(7-9-13)14-11-15(19-18-14)16-5-4-10-20-16/h4-11H,1-3H3,(H,18,19). The van der Waals surface area contributed by atoms with E-state index in [-0.39, 0.29) is 5.41 Å². The summed E-state index contributed by atoms with van der Waals surface area (Å²) in [6.07, 6.45) is 0. The molecule has 2 aromatic heterocycles. The van der Waals surface area contributed by atoms with Crippen LogP contribution in [0.5, 0.6) is 0 Å². The van der Waals surface area contributed by atoms with Gasteiger partial charge in [0.25, 0.3) is 0 Å². The summed E-state index contributed by atoms with van der Waals surface area (Å²) in [5, 5.41) is 9.61. The highest BCUT2D eigenvalue weighted by molar-refractivity contribution is 7.13. The van der Waals surface area contributed by atoms with E-state index in [0.29, 0.717) is 0 Å². The third-order valence-electron chi connectivity index (χ3n) is 3.41. The molecule has 0 atom stereocenters. The maximum atomic E-state index is 4.42. The number of rotatable bonds is 2. The Morgan fingerprint density at radius 1 is 1.05 bits per heavy atom. The molecule has 0 amide bonds. The Kier molecular flexibility index (Phi) is 3.22. The van der Waals surface area contributed by atoms with Gasteiger partial charge in [-0.25, -0.2) is 0 Å². The second kappa shape index (κ2) is 4.91. The zero-order chi connectivity index (χ0) is 14.2. The van der Waals surface area contributed by atoms with E-state index in [4.69, 9.17) is 0 Å². The summed E-state index contributed by atoms with van der Waals surface area (Å²) in [5.74, 6) is 0. The van der Waals surface area contributed by atoms with E-state index in [9.17, 15) is 0 Å². The summed E-state index contributed by atoms with van der Waals surface area (Å²) >= 11 is 1.72. The number of aromatic amines is 1. The molecule has 2 nitrogen and oxygen atoms in total. The lowest BCUT2D eigenvalue weighted by Gasteiger charge is -2.18. The van der Waals surface area contributed by atoms with Crippen LogP contribution in [0.2, 0.25) is 0 Å². The van der Waals surface area contributed by atoms with Crippen molar-refractivity contribution in [2.45, 2.75) is 26.2 Å². The molecule has 2 heterocycles. The number of H-pyrrole nitrogens is 1. The fraction of sp³-hybridized carbons (Fsp3) is 0.235. The molecule has 102 valence electrons. The molecular weight excluding hydrogens is 264 g/mol. The summed E-state index contributed by atoms with van der Waals surface area (Å²) in [7, 11) is 0.